The van der Waals surface area contributed by atoms with Gasteiger partial charge in [0.15, 0.2) is 0 Å². The van der Waals surface area contributed by atoms with E-state index in [0.717, 1.165) is 23.9 Å². The Morgan fingerprint density at radius 3 is 2.56 bits per heavy atom. The largest absolute Gasteiger partial charge is 0.508 e. The fraction of sp³-hybridized carbons (Fsp3) is 0.222. The zero-order valence-electron chi connectivity index (χ0n) is 9.42. The number of rotatable bonds is 4. The Morgan fingerprint density at radius 2 is 2.06 bits per heavy atom. The van der Waals surface area contributed by atoms with Crippen molar-refractivity contribution in [3.05, 3.63) is 23.5 Å². The molecule has 0 aliphatic carbocycles. The average molecular weight is 300 g/mol. The van der Waals surface area contributed by atoms with Gasteiger partial charge in [0.2, 0.25) is 0 Å². The van der Waals surface area contributed by atoms with Gasteiger partial charge in [0.05, 0.1) is 5.75 Å². The van der Waals surface area contributed by atoms with Crippen LogP contribution in [-0.2, 0) is 10.1 Å². The second-order valence-corrected chi connectivity index (χ2v) is 5.76. The molecular weight excluding hydrogens is 292 g/mol. The third-order valence-electron chi connectivity index (χ3n) is 1.75. The number of phenolic OH excluding ortho intramolecular Hbond substituents is 1. The molecule has 9 heteroatoms. The summed E-state index contributed by atoms with van der Waals surface area (Å²) in [6.07, 6.45) is 0. The third-order valence-corrected chi connectivity index (χ3v) is 3.77. The van der Waals surface area contributed by atoms with E-state index < -0.39 is 21.7 Å². The molecule has 0 spiro atoms. The van der Waals surface area contributed by atoms with Crippen molar-refractivity contribution < 1.29 is 22.5 Å². The maximum atomic E-state index is 13.2. The molecule has 18 heavy (non-hydrogen) atoms. The van der Waals surface area contributed by atoms with Gasteiger partial charge >= 0.3 is 0 Å². The van der Waals surface area contributed by atoms with Crippen molar-refractivity contribution in [3.8, 4) is 11.8 Å². The third kappa shape index (κ3) is 5.56. The van der Waals surface area contributed by atoms with Crippen LogP contribution in [0.25, 0.3) is 0 Å². The van der Waals surface area contributed by atoms with Gasteiger partial charge in [-0.2, -0.15) is 13.7 Å². The van der Waals surface area contributed by atoms with Crippen LogP contribution in [0.2, 0.25) is 0 Å². The number of aromatic hydroxyl groups is 1. The number of nitrogens with zero attached hydrogens (tertiary/aromatic N) is 1. The molecule has 0 amide bonds. The molecule has 0 bridgehead atoms. The molecule has 1 aromatic carbocycles. The van der Waals surface area contributed by atoms with Gasteiger partial charge in [0, 0.05) is 46.3 Å². The van der Waals surface area contributed by atoms with Crippen molar-refractivity contribution in [3.63, 3.8) is 0 Å². The first kappa shape index (κ1) is 17.7. The van der Waals surface area contributed by atoms with Gasteiger partial charge in [-0.25, -0.2) is 4.39 Å². The van der Waals surface area contributed by atoms with Gasteiger partial charge in [-0.1, -0.05) is 0 Å². The number of halogens is 1. The fourth-order valence-corrected chi connectivity index (χ4v) is 2.93. The molecule has 1 aromatic rings. The van der Waals surface area contributed by atoms with Crippen LogP contribution in [0.4, 0.5) is 4.39 Å². The van der Waals surface area contributed by atoms with Crippen molar-refractivity contribution in [2.24, 2.45) is 0 Å². The van der Waals surface area contributed by atoms with Gasteiger partial charge in [-0.15, -0.1) is 11.8 Å². The predicted octanol–water partition coefficient (Wildman–Crippen LogP) is 1.00. The minimum atomic E-state index is -4.09. The quantitative estimate of drug-likeness (QED) is 0.489. The summed E-state index contributed by atoms with van der Waals surface area (Å²) in [5.41, 5.74) is -0.261. The molecule has 0 aromatic heterocycles. The zero-order valence-corrected chi connectivity index (χ0v) is 13.1. The minimum absolute atomic E-state index is 0. The normalized spacial score (nSPS) is 10.5. The topological polar surface area (TPSA) is 98.4 Å². The Kier molecular flexibility index (Phi) is 7.21. The van der Waals surface area contributed by atoms with E-state index in [1.54, 1.807) is 6.07 Å². The van der Waals surface area contributed by atoms with Gasteiger partial charge in [0.1, 0.15) is 23.2 Å². The van der Waals surface area contributed by atoms with Gasteiger partial charge < -0.3 is 5.11 Å². The Morgan fingerprint density at radius 1 is 1.44 bits per heavy atom. The molecule has 0 saturated carbocycles. The van der Waals surface area contributed by atoms with Crippen LogP contribution in [0.15, 0.2) is 17.0 Å². The van der Waals surface area contributed by atoms with Crippen molar-refractivity contribution in [2.45, 2.75) is 4.90 Å². The van der Waals surface area contributed by atoms with Crippen molar-refractivity contribution >= 4 is 51.4 Å². The van der Waals surface area contributed by atoms with Gasteiger partial charge in [-0.3, -0.25) is 4.55 Å². The summed E-state index contributed by atoms with van der Waals surface area (Å²) in [5, 5.41) is 17.8. The van der Waals surface area contributed by atoms with Crippen LogP contribution in [-0.4, -0.2) is 59.1 Å². The van der Waals surface area contributed by atoms with E-state index in [2.05, 4.69) is 0 Å². The number of hydrogen-bond acceptors (Lipinski definition) is 5. The maximum Gasteiger partial charge on any atom is 0.265 e. The second-order valence-electron chi connectivity index (χ2n) is 3.05. The molecule has 1 rings (SSSR count). The Bertz CT molecular complexity index is 571. The van der Waals surface area contributed by atoms with Crippen LogP contribution in [0, 0.1) is 17.1 Å². The average Bonchev–Trinajstić information content (AvgIpc) is 2.14. The fourth-order valence-electron chi connectivity index (χ4n) is 1.05. The van der Waals surface area contributed by atoms with E-state index in [1.165, 1.54) is 0 Å². The molecule has 1 radical (unpaired) electrons. The van der Waals surface area contributed by atoms with E-state index >= 15 is 0 Å². The standard InChI is InChI=1S/C9H8FNO4S2.Na/c10-8-3-6(12)4-9(7(8)5-11)16-1-2-17(13,14)15;/h3-4,12H,1-2H2,(H,13,14,15);. The van der Waals surface area contributed by atoms with Crippen LogP contribution >= 0.6 is 11.8 Å². The summed E-state index contributed by atoms with van der Waals surface area (Å²) in [6.45, 7) is 0. The van der Waals surface area contributed by atoms with Gasteiger partial charge in [-0.05, 0) is 6.07 Å². The molecule has 0 atom stereocenters. The maximum absolute atomic E-state index is 13.2. The van der Waals surface area contributed by atoms with E-state index in [9.17, 15) is 12.8 Å². The summed E-state index contributed by atoms with van der Waals surface area (Å²) in [7, 11) is -4.09. The smallest absolute Gasteiger partial charge is 0.265 e. The van der Waals surface area contributed by atoms with Gasteiger partial charge in [0.25, 0.3) is 10.1 Å². The molecule has 0 aliphatic rings. The van der Waals surface area contributed by atoms with E-state index in [1.807, 2.05) is 0 Å². The van der Waals surface area contributed by atoms with Crippen molar-refractivity contribution in [1.82, 2.24) is 0 Å². The molecule has 0 aliphatic heterocycles. The molecule has 0 heterocycles. The number of nitriles is 1. The Balaban J connectivity index is 0.00000289. The Labute approximate surface area is 130 Å². The van der Waals surface area contributed by atoms with Crippen molar-refractivity contribution in [2.75, 3.05) is 11.5 Å². The first-order chi connectivity index (χ1) is 7.83. The van der Waals surface area contributed by atoms with Crippen LogP contribution in [0.1, 0.15) is 5.56 Å². The van der Waals surface area contributed by atoms with Crippen LogP contribution in [0.5, 0.6) is 5.75 Å². The van der Waals surface area contributed by atoms with E-state index in [-0.39, 0.29) is 51.5 Å². The number of phenols is 1. The summed E-state index contributed by atoms with van der Waals surface area (Å²) in [5.74, 6) is -1.78. The van der Waals surface area contributed by atoms with Crippen molar-refractivity contribution in [1.29, 1.82) is 5.26 Å². The van der Waals surface area contributed by atoms with E-state index in [4.69, 9.17) is 14.9 Å². The molecular formula is C9H8FNNaO4S2. The molecule has 0 fully saturated rings. The summed E-state index contributed by atoms with van der Waals surface area (Å²) < 4.78 is 42.6. The predicted molar refractivity (Wildman–Crippen MR) is 65.7 cm³/mol. The summed E-state index contributed by atoms with van der Waals surface area (Å²) >= 11 is 0.865. The second kappa shape index (κ2) is 7.33. The summed E-state index contributed by atoms with van der Waals surface area (Å²) in [4.78, 5) is 0.133. The Hall–Kier alpha value is -0.300. The first-order valence-electron chi connectivity index (χ1n) is 4.34. The van der Waals surface area contributed by atoms with Crippen LogP contribution < -0.4 is 0 Å². The summed E-state index contributed by atoms with van der Waals surface area (Å²) in [6, 6.07) is 3.58. The molecule has 5 nitrogen and oxygen atoms in total. The molecule has 0 unspecified atom stereocenters. The SMILES string of the molecule is N#Cc1c(F)cc(O)cc1SCCS(=O)(=O)O.[Na]. The van der Waals surface area contributed by atoms with Crippen LogP contribution in [0.3, 0.4) is 0 Å². The van der Waals surface area contributed by atoms with E-state index in [0.29, 0.717) is 0 Å². The molecule has 93 valence electrons. The number of thioether (sulfide) groups is 1. The number of benzene rings is 1. The number of hydrogen-bond donors (Lipinski definition) is 2. The zero-order chi connectivity index (χ0) is 13.1. The molecule has 2 N–H and O–H groups in total. The monoisotopic (exact) mass is 300 g/mol. The first-order valence-corrected chi connectivity index (χ1v) is 6.93. The molecule has 0 saturated heterocycles. The minimum Gasteiger partial charge on any atom is -0.508 e.